The van der Waals surface area contributed by atoms with E-state index in [-0.39, 0.29) is 11.7 Å². The molecule has 1 aliphatic heterocycles. The number of ether oxygens (including phenoxy) is 1. The van der Waals surface area contributed by atoms with Crippen LogP contribution >= 0.6 is 0 Å². The molecule has 3 N–H and O–H groups in total. The van der Waals surface area contributed by atoms with Gasteiger partial charge in [0.25, 0.3) is 0 Å². The van der Waals surface area contributed by atoms with Gasteiger partial charge in [0.05, 0.1) is 30.1 Å². The lowest BCUT2D eigenvalue weighted by Gasteiger charge is -2.36. The summed E-state index contributed by atoms with van der Waals surface area (Å²) >= 11 is 0. The lowest BCUT2D eigenvalue weighted by molar-refractivity contribution is -0.144. The van der Waals surface area contributed by atoms with Gasteiger partial charge >= 0.3 is 5.97 Å². The van der Waals surface area contributed by atoms with Crippen molar-refractivity contribution in [3.8, 4) is 17.3 Å². The average molecular weight is 536 g/mol. The SMILES string of the molecule is C[C@@H](Oc1ccc(N2CCN(CCn3ncc4c3nc(N)n3nc(-c5ccco5)nc43)CC2)c(F)c1)C(=O)O. The van der Waals surface area contributed by atoms with Crippen molar-refractivity contribution in [1.29, 1.82) is 0 Å². The Morgan fingerprint density at radius 3 is 2.72 bits per heavy atom. The maximum atomic E-state index is 14.8. The van der Waals surface area contributed by atoms with E-state index in [9.17, 15) is 9.18 Å². The summed E-state index contributed by atoms with van der Waals surface area (Å²) in [5.74, 6) is -0.209. The van der Waals surface area contributed by atoms with Crippen molar-refractivity contribution in [2.75, 3.05) is 43.4 Å². The minimum absolute atomic E-state index is 0.186. The number of carboxylic acid groups (broad SMARTS) is 1. The fraction of sp³-hybridized carbons (Fsp3) is 0.320. The highest BCUT2D eigenvalue weighted by Gasteiger charge is 2.22. The van der Waals surface area contributed by atoms with Gasteiger partial charge in [-0.2, -0.15) is 14.6 Å². The molecule has 1 aromatic carbocycles. The van der Waals surface area contributed by atoms with Gasteiger partial charge in [0.15, 0.2) is 23.2 Å². The van der Waals surface area contributed by atoms with Crippen LogP contribution in [0.15, 0.2) is 47.2 Å². The lowest BCUT2D eigenvalue weighted by Crippen LogP contribution is -2.47. The molecule has 0 radical (unpaired) electrons. The van der Waals surface area contributed by atoms with Crippen LogP contribution in [0.2, 0.25) is 0 Å². The molecule has 5 aromatic rings. The van der Waals surface area contributed by atoms with Crippen LogP contribution in [-0.4, -0.2) is 84.2 Å². The number of nitrogens with two attached hydrogens (primary N) is 1. The van der Waals surface area contributed by atoms with E-state index in [1.54, 1.807) is 41.4 Å². The number of aromatic nitrogens is 6. The van der Waals surface area contributed by atoms with E-state index in [1.807, 2.05) is 4.90 Å². The first-order valence-corrected chi connectivity index (χ1v) is 12.5. The van der Waals surface area contributed by atoms with Gasteiger partial charge in [-0.1, -0.05) is 0 Å². The maximum absolute atomic E-state index is 14.8. The average Bonchev–Trinajstić information content (AvgIpc) is 3.68. The molecule has 0 bridgehead atoms. The Hall–Kier alpha value is -4.72. The van der Waals surface area contributed by atoms with Crippen molar-refractivity contribution >= 4 is 34.3 Å². The van der Waals surface area contributed by atoms with Gasteiger partial charge in [-0.25, -0.2) is 18.9 Å². The summed E-state index contributed by atoms with van der Waals surface area (Å²) in [4.78, 5) is 24.3. The number of nitrogens with zero attached hydrogens (tertiary/aromatic N) is 8. The molecule has 0 spiro atoms. The molecule has 1 atom stereocenters. The molecule has 0 saturated carbocycles. The molecule has 13 nitrogen and oxygen atoms in total. The summed E-state index contributed by atoms with van der Waals surface area (Å²) in [6, 6.07) is 7.99. The van der Waals surface area contributed by atoms with Crippen molar-refractivity contribution in [3.05, 3.63) is 48.6 Å². The van der Waals surface area contributed by atoms with Crippen LogP contribution in [0.3, 0.4) is 0 Å². The standard InChI is InChI=1S/C25H26FN9O4/c1-15(24(36)37)39-16-4-5-19(18(26)13-16)33-9-6-32(7-10-33)8-11-34-22-17(14-28-34)23-29-21(20-3-2-12-38-20)31-35(23)25(27)30-22/h2-5,12-15H,6-11H2,1H3,(H2,27,30)(H,36,37)/t15-/m1/s1. The van der Waals surface area contributed by atoms with Crippen molar-refractivity contribution in [3.63, 3.8) is 0 Å². The third kappa shape index (κ3) is 4.69. The number of carbonyl (C=O) groups is 1. The molecule has 39 heavy (non-hydrogen) atoms. The number of halogens is 1. The second-order valence-electron chi connectivity index (χ2n) is 9.26. The molecule has 202 valence electrons. The van der Waals surface area contributed by atoms with Crippen LogP contribution in [0.5, 0.6) is 5.75 Å². The number of carboxylic acids is 1. The summed E-state index contributed by atoms with van der Waals surface area (Å²) in [7, 11) is 0. The largest absolute Gasteiger partial charge is 0.479 e. The number of nitrogen functional groups attached to an aromatic ring is 1. The molecule has 6 rings (SSSR count). The predicted molar refractivity (Wildman–Crippen MR) is 139 cm³/mol. The Labute approximate surface area is 221 Å². The zero-order chi connectivity index (χ0) is 27.1. The Balaban J connectivity index is 1.10. The van der Waals surface area contributed by atoms with Crippen LogP contribution in [0, 0.1) is 5.82 Å². The minimum Gasteiger partial charge on any atom is -0.479 e. The molecule has 1 aliphatic rings. The van der Waals surface area contributed by atoms with Crippen molar-refractivity contribution in [2.24, 2.45) is 0 Å². The molecular weight excluding hydrogens is 509 g/mol. The number of fused-ring (bicyclic) bond motifs is 3. The quantitative estimate of drug-likeness (QED) is 0.300. The van der Waals surface area contributed by atoms with Gasteiger partial charge < -0.3 is 24.9 Å². The van der Waals surface area contributed by atoms with Gasteiger partial charge in [0.2, 0.25) is 11.8 Å². The van der Waals surface area contributed by atoms with Crippen molar-refractivity contribution < 1.29 is 23.4 Å². The van der Waals surface area contributed by atoms with Crippen LogP contribution in [0.1, 0.15) is 6.92 Å². The molecule has 14 heteroatoms. The molecule has 0 amide bonds. The highest BCUT2D eigenvalue weighted by Crippen LogP contribution is 2.26. The number of piperazine rings is 1. The van der Waals surface area contributed by atoms with E-state index in [0.717, 1.165) is 25.0 Å². The highest BCUT2D eigenvalue weighted by molar-refractivity contribution is 5.90. The zero-order valence-corrected chi connectivity index (χ0v) is 21.1. The second-order valence-corrected chi connectivity index (χ2v) is 9.26. The first-order chi connectivity index (χ1) is 18.9. The van der Waals surface area contributed by atoms with Gasteiger partial charge in [0, 0.05) is 38.8 Å². The van der Waals surface area contributed by atoms with Gasteiger partial charge in [-0.3, -0.25) is 4.90 Å². The van der Waals surface area contributed by atoms with E-state index < -0.39 is 17.9 Å². The smallest absolute Gasteiger partial charge is 0.344 e. The van der Waals surface area contributed by atoms with E-state index in [2.05, 4.69) is 25.1 Å². The lowest BCUT2D eigenvalue weighted by atomic mass is 10.2. The molecule has 5 heterocycles. The summed E-state index contributed by atoms with van der Waals surface area (Å²) in [5, 5.41) is 18.6. The topological polar surface area (TPSA) is 153 Å². The monoisotopic (exact) mass is 535 g/mol. The molecule has 1 fully saturated rings. The molecular formula is C25H26FN9O4. The van der Waals surface area contributed by atoms with Crippen LogP contribution in [0.25, 0.3) is 28.3 Å². The number of furan rings is 1. The zero-order valence-electron chi connectivity index (χ0n) is 21.1. The Kier molecular flexibility index (Phi) is 6.23. The minimum atomic E-state index is -1.11. The summed E-state index contributed by atoms with van der Waals surface area (Å²) in [5.41, 5.74) is 7.83. The summed E-state index contributed by atoms with van der Waals surface area (Å²) < 4.78 is 28.7. The molecule has 0 unspecified atom stereocenters. The van der Waals surface area contributed by atoms with E-state index in [1.165, 1.54) is 17.5 Å². The van der Waals surface area contributed by atoms with Gasteiger partial charge in [-0.05, 0) is 31.2 Å². The van der Waals surface area contributed by atoms with E-state index >= 15 is 0 Å². The Morgan fingerprint density at radius 1 is 1.18 bits per heavy atom. The Bertz CT molecular complexity index is 1640. The van der Waals surface area contributed by atoms with E-state index in [4.69, 9.17) is 20.0 Å². The van der Waals surface area contributed by atoms with Crippen LogP contribution < -0.4 is 15.4 Å². The predicted octanol–water partition coefficient (Wildman–Crippen LogP) is 2.13. The van der Waals surface area contributed by atoms with Crippen molar-refractivity contribution in [1.82, 2.24) is 34.3 Å². The fourth-order valence-electron chi connectivity index (χ4n) is 4.65. The van der Waals surface area contributed by atoms with Gasteiger partial charge in [-0.15, -0.1) is 5.10 Å². The number of aliphatic carboxylic acids is 1. The molecule has 0 aliphatic carbocycles. The van der Waals surface area contributed by atoms with Crippen molar-refractivity contribution in [2.45, 2.75) is 19.6 Å². The van der Waals surface area contributed by atoms with Crippen LogP contribution in [-0.2, 0) is 11.3 Å². The number of rotatable bonds is 8. The Morgan fingerprint density at radius 2 is 2.00 bits per heavy atom. The van der Waals surface area contributed by atoms with Gasteiger partial charge in [0.1, 0.15) is 11.6 Å². The number of anilines is 2. The summed E-state index contributed by atoms with van der Waals surface area (Å²) in [6.45, 7) is 5.48. The highest BCUT2D eigenvalue weighted by atomic mass is 19.1. The third-order valence-corrected chi connectivity index (χ3v) is 6.76. The number of benzene rings is 1. The fourth-order valence-corrected chi connectivity index (χ4v) is 4.65. The first-order valence-electron chi connectivity index (χ1n) is 12.5. The number of hydrogen-bond acceptors (Lipinski definition) is 10. The molecule has 1 saturated heterocycles. The summed E-state index contributed by atoms with van der Waals surface area (Å²) in [6.07, 6.45) is 2.21. The number of hydrogen-bond donors (Lipinski definition) is 2. The molecule has 4 aromatic heterocycles. The van der Waals surface area contributed by atoms with Crippen LogP contribution in [0.4, 0.5) is 16.0 Å². The maximum Gasteiger partial charge on any atom is 0.344 e. The second kappa shape index (κ2) is 9.87. The first kappa shape index (κ1) is 24.6. The normalized spacial score (nSPS) is 15.3. The van der Waals surface area contributed by atoms with E-state index in [0.29, 0.717) is 48.2 Å². The third-order valence-electron chi connectivity index (χ3n) is 6.76.